The summed E-state index contributed by atoms with van der Waals surface area (Å²) in [5.41, 5.74) is 0. The molecule has 4 heteroatoms. The highest BCUT2D eigenvalue weighted by atomic mass is 31.5. The van der Waals surface area contributed by atoms with Gasteiger partial charge < -0.3 is 0 Å². The minimum atomic E-state index is -1.24. The Hall–Kier alpha value is 0.301. The van der Waals surface area contributed by atoms with Crippen LogP contribution < -0.4 is 5.30 Å². The molecule has 4 bridgehead atoms. The van der Waals surface area contributed by atoms with E-state index in [1.54, 1.807) is 32.1 Å². The van der Waals surface area contributed by atoms with Crippen LogP contribution in [0.5, 0.6) is 0 Å². The van der Waals surface area contributed by atoms with E-state index in [4.69, 9.17) is 0 Å². The first-order valence-electron chi connectivity index (χ1n) is 11.0. The van der Waals surface area contributed by atoms with Crippen LogP contribution in [0.1, 0.15) is 32.1 Å². The molecule has 0 amide bonds. The Kier molecular flexibility index (Phi) is 3.85. The number of rotatable bonds is 3. The predicted octanol–water partition coefficient (Wildman–Crippen LogP) is 6.32. The van der Waals surface area contributed by atoms with Gasteiger partial charge in [0.05, 0.1) is 6.78 Å². The molecular weight excluding hydrogens is 379 g/mol. The van der Waals surface area contributed by atoms with E-state index in [0.717, 1.165) is 28.5 Å². The van der Waals surface area contributed by atoms with Crippen molar-refractivity contribution < 1.29 is 0 Å². The van der Waals surface area contributed by atoms with Crippen LogP contribution in [0.4, 0.5) is 0 Å². The molecule has 1 aromatic rings. The Balaban J connectivity index is 1.75. The van der Waals surface area contributed by atoms with Gasteiger partial charge in [0.25, 0.3) is 0 Å². The maximum atomic E-state index is 2.82. The Bertz CT molecular complexity index is 673. The van der Waals surface area contributed by atoms with Gasteiger partial charge in [-0.3, -0.25) is 0 Å². The SMILES string of the molecule is C[Si](C)(C)[Si]1([Si](C)(C)C)P(c2ccccc2)C12C1CC3CC(C1)CC2C3. The van der Waals surface area contributed by atoms with Gasteiger partial charge in [-0.25, -0.2) is 0 Å². The second kappa shape index (κ2) is 5.46. The lowest BCUT2D eigenvalue weighted by Crippen LogP contribution is -2.71. The van der Waals surface area contributed by atoms with Gasteiger partial charge in [-0.1, -0.05) is 77.1 Å². The second-order valence-electron chi connectivity index (χ2n) is 12.0. The lowest BCUT2D eigenvalue weighted by molar-refractivity contribution is 0.0145. The van der Waals surface area contributed by atoms with Crippen molar-refractivity contribution in [2.24, 2.45) is 23.7 Å². The van der Waals surface area contributed by atoms with Crippen LogP contribution in [0.25, 0.3) is 0 Å². The zero-order valence-electron chi connectivity index (χ0n) is 17.7. The molecule has 4 aliphatic carbocycles. The average molecular weight is 417 g/mol. The van der Waals surface area contributed by atoms with Gasteiger partial charge in [0.2, 0.25) is 0 Å². The molecule has 1 spiro atoms. The molecule has 6 rings (SSSR count). The minimum absolute atomic E-state index is 0.159. The van der Waals surface area contributed by atoms with Crippen LogP contribution in [0.15, 0.2) is 30.3 Å². The topological polar surface area (TPSA) is 0 Å². The van der Waals surface area contributed by atoms with Crippen LogP contribution >= 0.6 is 7.47 Å². The Morgan fingerprint density at radius 3 is 1.65 bits per heavy atom. The molecule has 1 unspecified atom stereocenters. The van der Waals surface area contributed by atoms with Crippen LogP contribution in [-0.2, 0) is 0 Å². The number of hydrogen-bond donors (Lipinski definition) is 0. The third kappa shape index (κ3) is 2.00. The number of benzene rings is 1. The van der Waals surface area contributed by atoms with Crippen molar-refractivity contribution in [1.29, 1.82) is 0 Å². The van der Waals surface area contributed by atoms with Gasteiger partial charge in [-0.15, -0.1) is 0 Å². The third-order valence-electron chi connectivity index (χ3n) is 8.80. The van der Waals surface area contributed by atoms with Crippen LogP contribution in [0, 0.1) is 23.7 Å². The van der Waals surface area contributed by atoms with E-state index in [-0.39, 0.29) is 7.47 Å². The third-order valence-corrected chi connectivity index (χ3v) is 70.0. The molecule has 5 fully saturated rings. The summed E-state index contributed by atoms with van der Waals surface area (Å²) in [5.74, 6) is 4.50. The van der Waals surface area contributed by atoms with Gasteiger partial charge >= 0.3 is 0 Å². The van der Waals surface area contributed by atoms with Crippen LogP contribution in [0.2, 0.25) is 39.3 Å². The van der Waals surface area contributed by atoms with Gasteiger partial charge in [0.15, 0.2) is 0 Å². The molecule has 0 aromatic heterocycles. The standard InChI is InChI=1S/C22H37PSi3/c1-24(2,3)26(25(4,5)6)22(23(26)21-10-8-7-9-11-21)19-13-17-12-18(15-19)16-20(22)14-17/h7-11,17-20H,12-16H2,1-6H3. The highest BCUT2D eigenvalue weighted by molar-refractivity contribution is 8.35. The molecule has 0 N–H and O–H groups in total. The van der Waals surface area contributed by atoms with Crippen molar-refractivity contribution >= 4 is 34.7 Å². The molecule has 1 aromatic carbocycles. The van der Waals surface area contributed by atoms with Crippen molar-refractivity contribution in [2.45, 2.75) is 76.2 Å². The molecule has 1 atom stereocenters. The van der Waals surface area contributed by atoms with E-state index < -0.39 is 22.0 Å². The first kappa shape index (κ1) is 18.3. The van der Waals surface area contributed by atoms with Crippen molar-refractivity contribution in [3.05, 3.63) is 30.3 Å². The Labute approximate surface area is 164 Å². The van der Waals surface area contributed by atoms with Crippen LogP contribution in [-0.4, -0.2) is 26.7 Å². The molecular formula is C22H37PSi3. The largest absolute Gasteiger partial charge is 0.0880 e. The maximum Gasteiger partial charge on any atom is 0.0845 e. The maximum absolute atomic E-state index is 2.82. The first-order valence-corrected chi connectivity index (χ1v) is 24.2. The summed E-state index contributed by atoms with van der Waals surface area (Å²) in [4.78, 5) is 0. The second-order valence-corrected chi connectivity index (χ2v) is 46.5. The monoisotopic (exact) mass is 416 g/mol. The summed E-state index contributed by atoms with van der Waals surface area (Å²) >= 11 is 0. The van der Waals surface area contributed by atoms with Crippen LogP contribution in [0.3, 0.4) is 0 Å². The van der Waals surface area contributed by atoms with E-state index in [1.165, 1.54) is 0 Å². The summed E-state index contributed by atoms with van der Waals surface area (Å²) in [5, 5.41) is 1.84. The zero-order chi connectivity index (χ0) is 18.5. The molecule has 1 heterocycles. The van der Waals surface area contributed by atoms with E-state index >= 15 is 0 Å². The lowest BCUT2D eigenvalue weighted by atomic mass is 9.55. The summed E-state index contributed by atoms with van der Waals surface area (Å²) in [6.45, 7) is 15.7. The number of hydrogen-bond acceptors (Lipinski definition) is 0. The fourth-order valence-electron chi connectivity index (χ4n) is 9.24. The van der Waals surface area contributed by atoms with Gasteiger partial charge in [-0.05, 0) is 65.9 Å². The molecule has 142 valence electrons. The molecule has 26 heavy (non-hydrogen) atoms. The minimum Gasteiger partial charge on any atom is -0.0880 e. The highest BCUT2D eigenvalue weighted by Gasteiger charge is 2.90. The normalized spacial score (nSPS) is 43.1. The van der Waals surface area contributed by atoms with Crippen molar-refractivity contribution in [2.75, 3.05) is 0 Å². The highest BCUT2D eigenvalue weighted by Crippen LogP contribution is 2.92. The lowest BCUT2D eigenvalue weighted by Gasteiger charge is -2.59. The van der Waals surface area contributed by atoms with Gasteiger partial charge in [0, 0.05) is 15.2 Å². The van der Waals surface area contributed by atoms with E-state index in [0.29, 0.717) is 0 Å². The molecule has 5 aliphatic rings. The summed E-state index contributed by atoms with van der Waals surface area (Å²) in [7, 11) is -2.16. The smallest absolute Gasteiger partial charge is 0.0845 e. The fourth-order valence-corrected chi connectivity index (χ4v) is 95.6. The molecule has 0 nitrogen and oxygen atoms in total. The van der Waals surface area contributed by atoms with Gasteiger partial charge in [-0.2, -0.15) is 0 Å². The Morgan fingerprint density at radius 2 is 1.23 bits per heavy atom. The zero-order valence-corrected chi connectivity index (χ0v) is 21.6. The van der Waals surface area contributed by atoms with E-state index in [1.807, 2.05) is 5.30 Å². The molecule has 1 saturated heterocycles. The summed E-state index contributed by atoms with van der Waals surface area (Å²) in [6.07, 6.45) is 8.11. The van der Waals surface area contributed by atoms with E-state index in [2.05, 4.69) is 69.6 Å². The first-order chi connectivity index (χ1) is 12.1. The summed E-state index contributed by atoms with van der Waals surface area (Å²) in [6, 6.07) is 12.1. The molecule has 4 saturated carbocycles. The molecule has 0 radical (unpaired) electrons. The fraction of sp³-hybridized carbons (Fsp3) is 0.727. The predicted molar refractivity (Wildman–Crippen MR) is 125 cm³/mol. The average Bonchev–Trinajstić information content (AvgIpc) is 3.19. The summed E-state index contributed by atoms with van der Waals surface area (Å²) < 4.78 is 0.881. The van der Waals surface area contributed by atoms with Gasteiger partial charge in [0.1, 0.15) is 0 Å². The van der Waals surface area contributed by atoms with E-state index in [9.17, 15) is 0 Å². The quantitative estimate of drug-likeness (QED) is 0.399. The van der Waals surface area contributed by atoms with Crippen molar-refractivity contribution in [3.63, 3.8) is 0 Å². The Morgan fingerprint density at radius 1 is 0.769 bits per heavy atom. The van der Waals surface area contributed by atoms with Crippen molar-refractivity contribution in [1.82, 2.24) is 0 Å². The van der Waals surface area contributed by atoms with Crippen molar-refractivity contribution in [3.8, 4) is 0 Å². The molecule has 1 aliphatic heterocycles.